The van der Waals surface area contributed by atoms with Crippen LogP contribution in [0, 0.1) is 24.0 Å². The lowest BCUT2D eigenvalue weighted by molar-refractivity contribution is -0.384. The van der Waals surface area contributed by atoms with Crippen molar-refractivity contribution >= 4 is 11.5 Å². The van der Waals surface area contributed by atoms with Crippen LogP contribution in [-0.4, -0.2) is 20.3 Å². The Kier molecular flexibility index (Phi) is 3.16. The number of nitro groups is 1. The Balaban J connectivity index is 2.67. The second-order valence-corrected chi connectivity index (χ2v) is 4.30. The van der Waals surface area contributed by atoms with Gasteiger partial charge in [-0.3, -0.25) is 14.9 Å². The fourth-order valence-corrected chi connectivity index (χ4v) is 1.87. The molecule has 0 aliphatic rings. The third kappa shape index (κ3) is 2.24. The van der Waals surface area contributed by atoms with Gasteiger partial charge in [0, 0.05) is 23.4 Å². The zero-order valence-electron chi connectivity index (χ0n) is 10.9. The number of nitro benzene ring substituents is 1. The van der Waals surface area contributed by atoms with Crippen LogP contribution in [0.5, 0.6) is 0 Å². The fraction of sp³-hybridized carbons (Fsp3) is 0.231. The van der Waals surface area contributed by atoms with E-state index in [1.807, 2.05) is 13.8 Å². The summed E-state index contributed by atoms with van der Waals surface area (Å²) in [5, 5.41) is 10.8. The fourth-order valence-electron chi connectivity index (χ4n) is 1.87. The molecule has 98 valence electrons. The molecule has 0 amide bonds. The lowest BCUT2D eigenvalue weighted by atomic mass is 10.1. The standard InChI is InChI=1S/C13H13N3O3/c1-8-9(2)15(7-14-8)13-5-4-11(16(18)19)6-12(13)10(3)17/h4-7H,1-3H3. The first-order chi connectivity index (χ1) is 8.91. The molecule has 0 N–H and O–H groups in total. The second kappa shape index (κ2) is 4.64. The van der Waals surface area contributed by atoms with Gasteiger partial charge in [-0.05, 0) is 26.8 Å². The Bertz CT molecular complexity index is 674. The number of carbonyl (C=O) groups is 1. The minimum atomic E-state index is -0.512. The Morgan fingerprint density at radius 1 is 1.37 bits per heavy atom. The molecule has 0 unspecified atom stereocenters. The summed E-state index contributed by atoms with van der Waals surface area (Å²) in [5.41, 5.74) is 2.58. The number of nitrogens with zero attached hydrogens (tertiary/aromatic N) is 3. The molecule has 0 aliphatic heterocycles. The zero-order valence-corrected chi connectivity index (χ0v) is 10.9. The summed E-state index contributed by atoms with van der Waals surface area (Å²) in [4.78, 5) is 26.1. The molecule has 0 aliphatic carbocycles. The van der Waals surface area contributed by atoms with E-state index in [1.54, 1.807) is 17.0 Å². The molecule has 1 aromatic carbocycles. The number of aryl methyl sites for hydroxylation is 1. The zero-order chi connectivity index (χ0) is 14.2. The first kappa shape index (κ1) is 12.9. The van der Waals surface area contributed by atoms with Gasteiger partial charge in [-0.25, -0.2) is 4.98 Å². The third-order valence-corrected chi connectivity index (χ3v) is 3.08. The van der Waals surface area contributed by atoms with Crippen LogP contribution in [0.1, 0.15) is 28.7 Å². The van der Waals surface area contributed by atoms with Crippen LogP contribution < -0.4 is 0 Å². The van der Waals surface area contributed by atoms with Crippen LogP contribution in [-0.2, 0) is 0 Å². The molecule has 1 heterocycles. The number of carbonyl (C=O) groups excluding carboxylic acids is 1. The SMILES string of the molecule is CC(=O)c1cc([N+](=O)[O-])ccc1-n1cnc(C)c1C. The minimum Gasteiger partial charge on any atom is -0.303 e. The van der Waals surface area contributed by atoms with Crippen LogP contribution in [0.3, 0.4) is 0 Å². The lowest BCUT2D eigenvalue weighted by Gasteiger charge is -2.09. The Morgan fingerprint density at radius 3 is 2.53 bits per heavy atom. The second-order valence-electron chi connectivity index (χ2n) is 4.30. The highest BCUT2D eigenvalue weighted by molar-refractivity contribution is 5.98. The molecule has 0 atom stereocenters. The molecular weight excluding hydrogens is 246 g/mol. The van der Waals surface area contributed by atoms with Crippen molar-refractivity contribution < 1.29 is 9.72 Å². The lowest BCUT2D eigenvalue weighted by Crippen LogP contribution is -2.05. The summed E-state index contributed by atoms with van der Waals surface area (Å²) in [7, 11) is 0. The number of Topliss-reactive ketones (excluding diaryl/α,β-unsaturated/α-hetero) is 1. The average Bonchev–Trinajstić information content (AvgIpc) is 2.69. The van der Waals surface area contributed by atoms with Crippen molar-refractivity contribution in [3.05, 3.63) is 51.6 Å². The number of hydrogen-bond acceptors (Lipinski definition) is 4. The van der Waals surface area contributed by atoms with Crippen LogP contribution in [0.2, 0.25) is 0 Å². The molecule has 0 saturated heterocycles. The molecule has 2 rings (SSSR count). The summed E-state index contributed by atoms with van der Waals surface area (Å²) in [6.45, 7) is 5.14. The Labute approximate surface area is 109 Å². The first-order valence-electron chi connectivity index (χ1n) is 5.72. The van der Waals surface area contributed by atoms with Gasteiger partial charge in [0.25, 0.3) is 5.69 Å². The van der Waals surface area contributed by atoms with Gasteiger partial charge in [0.05, 0.1) is 22.6 Å². The van der Waals surface area contributed by atoms with Crippen molar-refractivity contribution in [2.24, 2.45) is 0 Å². The van der Waals surface area contributed by atoms with Gasteiger partial charge < -0.3 is 4.57 Å². The topological polar surface area (TPSA) is 78.0 Å². The van der Waals surface area contributed by atoms with Crippen LogP contribution >= 0.6 is 0 Å². The monoisotopic (exact) mass is 259 g/mol. The highest BCUT2D eigenvalue weighted by atomic mass is 16.6. The van der Waals surface area contributed by atoms with E-state index >= 15 is 0 Å². The minimum absolute atomic E-state index is 0.0940. The highest BCUT2D eigenvalue weighted by Gasteiger charge is 2.16. The largest absolute Gasteiger partial charge is 0.303 e. The van der Waals surface area contributed by atoms with E-state index in [-0.39, 0.29) is 11.5 Å². The summed E-state index contributed by atoms with van der Waals surface area (Å²) in [5.74, 6) is -0.218. The van der Waals surface area contributed by atoms with Crippen molar-refractivity contribution in [1.29, 1.82) is 0 Å². The van der Waals surface area contributed by atoms with Crippen LogP contribution in [0.4, 0.5) is 5.69 Å². The van der Waals surface area contributed by atoms with Gasteiger partial charge in [-0.1, -0.05) is 0 Å². The molecule has 19 heavy (non-hydrogen) atoms. The maximum absolute atomic E-state index is 11.7. The van der Waals surface area contributed by atoms with Crippen molar-refractivity contribution in [3.8, 4) is 5.69 Å². The van der Waals surface area contributed by atoms with Crippen molar-refractivity contribution in [2.75, 3.05) is 0 Å². The summed E-state index contributed by atoms with van der Waals surface area (Å²) in [6, 6.07) is 4.26. The van der Waals surface area contributed by atoms with Crippen molar-refractivity contribution in [3.63, 3.8) is 0 Å². The van der Waals surface area contributed by atoms with E-state index in [0.29, 0.717) is 11.3 Å². The van der Waals surface area contributed by atoms with Gasteiger partial charge in [0.1, 0.15) is 0 Å². The Morgan fingerprint density at radius 2 is 2.05 bits per heavy atom. The molecule has 0 bridgehead atoms. The molecule has 2 aromatic rings. The average molecular weight is 259 g/mol. The van der Waals surface area contributed by atoms with E-state index in [9.17, 15) is 14.9 Å². The summed E-state index contributed by atoms with van der Waals surface area (Å²) < 4.78 is 1.76. The molecule has 6 heteroatoms. The molecule has 1 aromatic heterocycles. The van der Waals surface area contributed by atoms with Gasteiger partial charge in [-0.2, -0.15) is 0 Å². The van der Waals surface area contributed by atoms with Gasteiger partial charge >= 0.3 is 0 Å². The number of ketones is 1. The van der Waals surface area contributed by atoms with Crippen molar-refractivity contribution in [1.82, 2.24) is 9.55 Å². The van der Waals surface area contributed by atoms with E-state index in [1.165, 1.54) is 19.1 Å². The van der Waals surface area contributed by atoms with E-state index in [4.69, 9.17) is 0 Å². The summed E-state index contributed by atoms with van der Waals surface area (Å²) in [6.07, 6.45) is 1.61. The number of non-ortho nitro benzene ring substituents is 1. The predicted molar refractivity (Wildman–Crippen MR) is 69.7 cm³/mol. The molecule has 0 spiro atoms. The summed E-state index contributed by atoms with van der Waals surface area (Å²) >= 11 is 0. The normalized spacial score (nSPS) is 10.5. The molecular formula is C13H13N3O3. The number of hydrogen-bond donors (Lipinski definition) is 0. The molecule has 0 fully saturated rings. The predicted octanol–water partition coefficient (Wildman–Crippen LogP) is 2.60. The van der Waals surface area contributed by atoms with Crippen molar-refractivity contribution in [2.45, 2.75) is 20.8 Å². The van der Waals surface area contributed by atoms with E-state index < -0.39 is 4.92 Å². The number of rotatable bonds is 3. The van der Waals surface area contributed by atoms with Gasteiger partial charge in [0.2, 0.25) is 0 Å². The highest BCUT2D eigenvalue weighted by Crippen LogP contribution is 2.23. The molecule has 0 radical (unpaired) electrons. The third-order valence-electron chi connectivity index (χ3n) is 3.08. The van der Waals surface area contributed by atoms with E-state index in [2.05, 4.69) is 4.98 Å². The smallest absolute Gasteiger partial charge is 0.270 e. The van der Waals surface area contributed by atoms with Gasteiger partial charge in [0.15, 0.2) is 5.78 Å². The maximum Gasteiger partial charge on any atom is 0.270 e. The number of imidazole rings is 1. The Hall–Kier alpha value is -2.50. The first-order valence-corrected chi connectivity index (χ1v) is 5.72. The van der Waals surface area contributed by atoms with Crippen LogP contribution in [0.15, 0.2) is 24.5 Å². The number of aromatic nitrogens is 2. The maximum atomic E-state index is 11.7. The van der Waals surface area contributed by atoms with Crippen LogP contribution in [0.25, 0.3) is 5.69 Å². The quantitative estimate of drug-likeness (QED) is 0.482. The molecule has 0 saturated carbocycles. The van der Waals surface area contributed by atoms with Gasteiger partial charge in [-0.15, -0.1) is 0 Å². The van der Waals surface area contributed by atoms with E-state index in [0.717, 1.165) is 11.4 Å². The molecule has 6 nitrogen and oxygen atoms in total. The number of benzene rings is 1.